The van der Waals surface area contributed by atoms with Gasteiger partial charge >= 0.3 is 6.09 Å². The van der Waals surface area contributed by atoms with Gasteiger partial charge in [0.15, 0.2) is 0 Å². The number of carbonyl (C=O) groups excluding carboxylic acids is 2. The van der Waals surface area contributed by atoms with E-state index in [1.54, 1.807) is 12.5 Å². The van der Waals surface area contributed by atoms with Crippen molar-refractivity contribution in [2.45, 2.75) is 25.4 Å². The minimum Gasteiger partial charge on any atom is -0.447 e. The maximum Gasteiger partial charge on any atom is 0.416 e. The van der Waals surface area contributed by atoms with E-state index < -0.39 is 6.09 Å². The summed E-state index contributed by atoms with van der Waals surface area (Å²) in [4.78, 5) is 30.5. The highest BCUT2D eigenvalue weighted by Crippen LogP contribution is 2.19. The molecule has 2 amide bonds. The van der Waals surface area contributed by atoms with Crippen LogP contribution < -0.4 is 0 Å². The molecule has 1 aromatic heterocycles. The van der Waals surface area contributed by atoms with Crippen LogP contribution in [-0.2, 0) is 28.9 Å². The standard InChI is InChI=1S/C22H21N3O3/c26-21(12-19-13-23-16-24(19)14-18-9-5-2-6-10-18)25-20(15-28-22(25)27)11-17-7-3-1-4-8-17/h1-10,13,16,20H,11-12,14-15H2/t20-/m0/s1. The number of ether oxygens (including phenoxy) is 1. The van der Waals surface area contributed by atoms with E-state index in [9.17, 15) is 9.59 Å². The maximum atomic E-state index is 12.9. The van der Waals surface area contributed by atoms with Gasteiger partial charge in [-0.2, -0.15) is 0 Å². The number of rotatable bonds is 6. The first kappa shape index (κ1) is 18.0. The molecule has 6 heteroatoms. The van der Waals surface area contributed by atoms with Crippen LogP contribution in [0.2, 0.25) is 0 Å². The SMILES string of the molecule is O=C(Cc1cncn1Cc1ccccc1)N1C(=O)OC[C@@H]1Cc1ccccc1. The van der Waals surface area contributed by atoms with Crippen molar-refractivity contribution in [3.63, 3.8) is 0 Å². The van der Waals surface area contributed by atoms with Crippen LogP contribution >= 0.6 is 0 Å². The van der Waals surface area contributed by atoms with Crippen LogP contribution in [0.5, 0.6) is 0 Å². The summed E-state index contributed by atoms with van der Waals surface area (Å²) in [6, 6.07) is 19.5. The molecule has 28 heavy (non-hydrogen) atoms. The molecule has 0 spiro atoms. The van der Waals surface area contributed by atoms with Gasteiger partial charge in [0.1, 0.15) is 6.61 Å². The highest BCUT2D eigenvalue weighted by Gasteiger charge is 2.37. The van der Waals surface area contributed by atoms with E-state index in [0.29, 0.717) is 13.0 Å². The molecule has 3 aromatic rings. The second-order valence-corrected chi connectivity index (χ2v) is 6.86. The summed E-state index contributed by atoms with van der Waals surface area (Å²) in [6.07, 6.45) is 3.50. The third kappa shape index (κ3) is 3.96. The van der Waals surface area contributed by atoms with Gasteiger partial charge in [-0.3, -0.25) is 4.79 Å². The molecule has 1 saturated heterocycles. The molecule has 0 saturated carbocycles. The van der Waals surface area contributed by atoms with Crippen molar-refractivity contribution in [3.8, 4) is 0 Å². The van der Waals surface area contributed by atoms with Crippen LogP contribution in [0, 0.1) is 0 Å². The molecule has 2 heterocycles. The highest BCUT2D eigenvalue weighted by molar-refractivity contribution is 5.94. The van der Waals surface area contributed by atoms with Crippen molar-refractivity contribution in [1.29, 1.82) is 0 Å². The number of imidazole rings is 1. The minimum absolute atomic E-state index is 0.104. The molecular formula is C22H21N3O3. The quantitative estimate of drug-likeness (QED) is 0.664. The van der Waals surface area contributed by atoms with Gasteiger partial charge in [0, 0.05) is 18.4 Å². The van der Waals surface area contributed by atoms with E-state index in [4.69, 9.17) is 4.74 Å². The highest BCUT2D eigenvalue weighted by atomic mass is 16.6. The molecule has 2 aromatic carbocycles. The molecular weight excluding hydrogens is 354 g/mol. The molecule has 6 nitrogen and oxygen atoms in total. The average molecular weight is 375 g/mol. The Morgan fingerprint density at radius 1 is 1.04 bits per heavy atom. The van der Waals surface area contributed by atoms with Gasteiger partial charge < -0.3 is 9.30 Å². The van der Waals surface area contributed by atoms with Crippen molar-refractivity contribution < 1.29 is 14.3 Å². The van der Waals surface area contributed by atoms with Crippen molar-refractivity contribution in [3.05, 3.63) is 90.0 Å². The fraction of sp³-hybridized carbons (Fsp3) is 0.227. The minimum atomic E-state index is -0.569. The number of aromatic nitrogens is 2. The molecule has 0 bridgehead atoms. The predicted octanol–water partition coefficient (Wildman–Crippen LogP) is 3.06. The first-order valence-electron chi connectivity index (χ1n) is 9.26. The Labute approximate surface area is 163 Å². The first-order valence-corrected chi connectivity index (χ1v) is 9.26. The summed E-state index contributed by atoms with van der Waals surface area (Å²) >= 11 is 0. The second-order valence-electron chi connectivity index (χ2n) is 6.86. The van der Waals surface area contributed by atoms with Gasteiger partial charge in [-0.1, -0.05) is 60.7 Å². The van der Waals surface area contributed by atoms with Crippen molar-refractivity contribution in [2.75, 3.05) is 6.61 Å². The Hall–Kier alpha value is -3.41. The Kier molecular flexibility index (Phi) is 5.19. The molecule has 142 valence electrons. The van der Waals surface area contributed by atoms with E-state index in [-0.39, 0.29) is 25.0 Å². The van der Waals surface area contributed by atoms with Crippen LogP contribution in [0.15, 0.2) is 73.2 Å². The summed E-state index contributed by atoms with van der Waals surface area (Å²) in [7, 11) is 0. The zero-order valence-electron chi connectivity index (χ0n) is 15.4. The monoisotopic (exact) mass is 375 g/mol. The number of imide groups is 1. The molecule has 1 fully saturated rings. The van der Waals surface area contributed by atoms with E-state index in [1.807, 2.05) is 65.2 Å². The van der Waals surface area contributed by atoms with Crippen molar-refractivity contribution >= 4 is 12.0 Å². The van der Waals surface area contributed by atoms with E-state index in [2.05, 4.69) is 4.98 Å². The number of cyclic esters (lactones) is 1. The Balaban J connectivity index is 1.47. The van der Waals surface area contributed by atoms with Gasteiger partial charge in [-0.05, 0) is 17.5 Å². The Bertz CT molecular complexity index is 953. The third-order valence-corrected chi connectivity index (χ3v) is 4.87. The van der Waals surface area contributed by atoms with E-state index in [0.717, 1.165) is 16.8 Å². The van der Waals surface area contributed by atoms with Gasteiger partial charge in [0.2, 0.25) is 5.91 Å². The summed E-state index contributed by atoms with van der Waals surface area (Å²) in [5.41, 5.74) is 2.96. The van der Waals surface area contributed by atoms with E-state index >= 15 is 0 Å². The van der Waals surface area contributed by atoms with Crippen LogP contribution in [0.25, 0.3) is 0 Å². The van der Waals surface area contributed by atoms with E-state index in [1.165, 1.54) is 4.90 Å². The lowest BCUT2D eigenvalue weighted by Gasteiger charge is -2.20. The predicted molar refractivity (Wildman–Crippen MR) is 104 cm³/mol. The lowest BCUT2D eigenvalue weighted by Crippen LogP contribution is -2.41. The number of nitrogens with zero attached hydrogens (tertiary/aromatic N) is 3. The molecule has 0 N–H and O–H groups in total. The molecule has 0 unspecified atom stereocenters. The largest absolute Gasteiger partial charge is 0.447 e. The van der Waals surface area contributed by atoms with Crippen LogP contribution in [0.1, 0.15) is 16.8 Å². The fourth-order valence-corrected chi connectivity index (χ4v) is 3.46. The number of carbonyl (C=O) groups is 2. The van der Waals surface area contributed by atoms with Crippen LogP contribution in [0.3, 0.4) is 0 Å². The first-order chi connectivity index (χ1) is 13.7. The number of amides is 2. The molecule has 0 radical (unpaired) electrons. The van der Waals surface area contributed by atoms with Gasteiger partial charge in [-0.15, -0.1) is 0 Å². The molecule has 1 aliphatic rings. The smallest absolute Gasteiger partial charge is 0.416 e. The fourth-order valence-electron chi connectivity index (χ4n) is 3.46. The van der Waals surface area contributed by atoms with Crippen LogP contribution in [-0.4, -0.2) is 39.1 Å². The summed E-state index contributed by atoms with van der Waals surface area (Å²) in [5.74, 6) is -0.266. The van der Waals surface area contributed by atoms with Crippen molar-refractivity contribution in [2.24, 2.45) is 0 Å². The molecule has 4 rings (SSSR count). The van der Waals surface area contributed by atoms with Crippen molar-refractivity contribution in [1.82, 2.24) is 14.5 Å². The number of benzene rings is 2. The molecule has 0 aliphatic carbocycles. The zero-order chi connectivity index (χ0) is 19.3. The lowest BCUT2D eigenvalue weighted by molar-refractivity contribution is -0.128. The summed E-state index contributed by atoms with van der Waals surface area (Å²) in [5, 5.41) is 0. The summed E-state index contributed by atoms with van der Waals surface area (Å²) in [6.45, 7) is 0.851. The molecule has 1 atom stereocenters. The van der Waals surface area contributed by atoms with Crippen LogP contribution in [0.4, 0.5) is 4.79 Å². The lowest BCUT2D eigenvalue weighted by atomic mass is 10.1. The third-order valence-electron chi connectivity index (χ3n) is 4.87. The van der Waals surface area contributed by atoms with Gasteiger partial charge in [0.05, 0.1) is 18.8 Å². The summed E-state index contributed by atoms with van der Waals surface area (Å²) < 4.78 is 7.09. The maximum absolute atomic E-state index is 12.9. The Morgan fingerprint density at radius 2 is 1.71 bits per heavy atom. The number of hydrogen-bond acceptors (Lipinski definition) is 4. The second kappa shape index (κ2) is 8.08. The number of hydrogen-bond donors (Lipinski definition) is 0. The zero-order valence-corrected chi connectivity index (χ0v) is 15.4. The average Bonchev–Trinajstić information content (AvgIpc) is 3.29. The molecule has 1 aliphatic heterocycles. The Morgan fingerprint density at radius 3 is 2.43 bits per heavy atom. The topological polar surface area (TPSA) is 64.4 Å². The van der Waals surface area contributed by atoms with Gasteiger partial charge in [0.25, 0.3) is 0 Å². The van der Waals surface area contributed by atoms with Gasteiger partial charge in [-0.25, -0.2) is 14.7 Å². The normalized spacial score (nSPS) is 16.2.